The maximum Gasteiger partial charge on any atom is 0.140 e. The maximum atomic E-state index is 5.59. The summed E-state index contributed by atoms with van der Waals surface area (Å²) in [5.41, 5.74) is 5.59. The van der Waals surface area contributed by atoms with Gasteiger partial charge in [-0.3, -0.25) is 0 Å². The smallest absolute Gasteiger partial charge is 0.140 e. The van der Waals surface area contributed by atoms with E-state index >= 15 is 0 Å². The van der Waals surface area contributed by atoms with Gasteiger partial charge in [0.25, 0.3) is 0 Å². The molecule has 0 saturated heterocycles. The topological polar surface area (TPSA) is 51.8 Å². The Hall–Kier alpha value is -1.07. The Morgan fingerprint density at radius 2 is 2.06 bits per heavy atom. The molecule has 2 N–H and O–H groups in total. The first-order chi connectivity index (χ1) is 7.75. The molecular weight excluding hydrogens is 286 g/mol. The standard InChI is InChI=1S/C11H10BrN3S/c12-8-3-1-2-4-9(8)16-7-11-14-6-5-10(13)15-11/h1-6H,7H2,(H2,13,14,15). The molecule has 0 spiro atoms. The highest BCUT2D eigenvalue weighted by Gasteiger charge is 2.02. The van der Waals surface area contributed by atoms with Gasteiger partial charge in [0, 0.05) is 15.6 Å². The Morgan fingerprint density at radius 3 is 2.81 bits per heavy atom. The van der Waals surface area contributed by atoms with Crippen molar-refractivity contribution in [3.63, 3.8) is 0 Å². The fourth-order valence-electron chi connectivity index (χ4n) is 1.19. The van der Waals surface area contributed by atoms with Crippen molar-refractivity contribution < 1.29 is 0 Å². The van der Waals surface area contributed by atoms with Crippen molar-refractivity contribution >= 4 is 33.5 Å². The van der Waals surface area contributed by atoms with Crippen LogP contribution in [0.3, 0.4) is 0 Å². The number of hydrogen-bond donors (Lipinski definition) is 1. The summed E-state index contributed by atoms with van der Waals surface area (Å²) in [5.74, 6) is 1.98. The van der Waals surface area contributed by atoms with Crippen molar-refractivity contribution in [2.45, 2.75) is 10.6 Å². The van der Waals surface area contributed by atoms with Crippen LogP contribution < -0.4 is 5.73 Å². The molecule has 0 fully saturated rings. The fourth-order valence-corrected chi connectivity index (χ4v) is 2.62. The minimum atomic E-state index is 0.512. The molecule has 1 heterocycles. The van der Waals surface area contributed by atoms with Crippen molar-refractivity contribution in [2.75, 3.05) is 5.73 Å². The first-order valence-corrected chi connectivity index (χ1v) is 6.48. The number of hydrogen-bond acceptors (Lipinski definition) is 4. The SMILES string of the molecule is Nc1ccnc(CSc2ccccc2Br)n1. The molecule has 16 heavy (non-hydrogen) atoms. The van der Waals surface area contributed by atoms with Gasteiger partial charge in [-0.05, 0) is 34.1 Å². The molecule has 2 rings (SSSR count). The van der Waals surface area contributed by atoms with E-state index in [0.29, 0.717) is 11.6 Å². The third-order valence-corrected chi connectivity index (χ3v) is 3.94. The highest BCUT2D eigenvalue weighted by Crippen LogP contribution is 2.28. The molecule has 0 amide bonds. The summed E-state index contributed by atoms with van der Waals surface area (Å²) in [6, 6.07) is 9.76. The molecule has 0 unspecified atom stereocenters. The fraction of sp³-hybridized carbons (Fsp3) is 0.0909. The molecule has 0 aliphatic heterocycles. The normalized spacial score (nSPS) is 10.3. The summed E-state index contributed by atoms with van der Waals surface area (Å²) in [5, 5.41) is 0. The molecule has 0 bridgehead atoms. The highest BCUT2D eigenvalue weighted by atomic mass is 79.9. The Bertz CT molecular complexity index is 490. The molecule has 1 aromatic carbocycles. The summed E-state index contributed by atoms with van der Waals surface area (Å²) in [6.45, 7) is 0. The predicted octanol–water partition coefficient (Wildman–Crippen LogP) is 3.11. The van der Waals surface area contributed by atoms with E-state index in [1.807, 2.05) is 18.2 Å². The first kappa shape index (κ1) is 11.4. The molecule has 0 radical (unpaired) electrons. The van der Waals surface area contributed by atoms with Gasteiger partial charge in [-0.2, -0.15) is 0 Å². The van der Waals surface area contributed by atoms with E-state index in [4.69, 9.17) is 5.73 Å². The van der Waals surface area contributed by atoms with Crippen LogP contribution >= 0.6 is 27.7 Å². The Labute approximate surface area is 107 Å². The van der Waals surface area contributed by atoms with E-state index in [9.17, 15) is 0 Å². The van der Waals surface area contributed by atoms with E-state index in [2.05, 4.69) is 32.0 Å². The zero-order valence-electron chi connectivity index (χ0n) is 8.43. The van der Waals surface area contributed by atoms with Crippen LogP contribution in [0.2, 0.25) is 0 Å². The number of aromatic nitrogens is 2. The maximum absolute atomic E-state index is 5.59. The third kappa shape index (κ3) is 2.96. The van der Waals surface area contributed by atoms with Gasteiger partial charge in [0.2, 0.25) is 0 Å². The second-order valence-electron chi connectivity index (χ2n) is 3.12. The zero-order chi connectivity index (χ0) is 11.4. The number of nitrogens with zero attached hydrogens (tertiary/aromatic N) is 2. The van der Waals surface area contributed by atoms with Crippen molar-refractivity contribution in [2.24, 2.45) is 0 Å². The van der Waals surface area contributed by atoms with E-state index in [1.54, 1.807) is 24.0 Å². The van der Waals surface area contributed by atoms with Crippen LogP contribution in [0, 0.1) is 0 Å². The van der Waals surface area contributed by atoms with Gasteiger partial charge in [-0.15, -0.1) is 11.8 Å². The van der Waals surface area contributed by atoms with Crippen molar-refractivity contribution in [3.05, 3.63) is 46.8 Å². The number of rotatable bonds is 3. The number of nitrogens with two attached hydrogens (primary N) is 1. The molecule has 3 nitrogen and oxygen atoms in total. The van der Waals surface area contributed by atoms with E-state index in [0.717, 1.165) is 10.3 Å². The number of halogens is 1. The monoisotopic (exact) mass is 295 g/mol. The van der Waals surface area contributed by atoms with Crippen LogP contribution in [-0.4, -0.2) is 9.97 Å². The second kappa shape index (κ2) is 5.32. The molecular formula is C11H10BrN3S. The molecule has 0 atom stereocenters. The van der Waals surface area contributed by atoms with Crippen LogP contribution in [0.1, 0.15) is 5.82 Å². The molecule has 0 aliphatic carbocycles. The van der Waals surface area contributed by atoms with Crippen molar-refractivity contribution in [1.29, 1.82) is 0 Å². The van der Waals surface area contributed by atoms with Gasteiger partial charge in [0.1, 0.15) is 11.6 Å². The van der Waals surface area contributed by atoms with Crippen LogP contribution in [-0.2, 0) is 5.75 Å². The van der Waals surface area contributed by atoms with Gasteiger partial charge < -0.3 is 5.73 Å². The average Bonchev–Trinajstić information content (AvgIpc) is 2.28. The largest absolute Gasteiger partial charge is 0.384 e. The number of nitrogen functional groups attached to an aromatic ring is 1. The number of anilines is 1. The quantitative estimate of drug-likeness (QED) is 0.884. The van der Waals surface area contributed by atoms with E-state index in [-0.39, 0.29) is 0 Å². The number of benzene rings is 1. The lowest BCUT2D eigenvalue weighted by Gasteiger charge is -2.03. The predicted molar refractivity (Wildman–Crippen MR) is 70.1 cm³/mol. The lowest BCUT2D eigenvalue weighted by Crippen LogP contribution is -1.96. The summed E-state index contributed by atoms with van der Waals surface area (Å²) >= 11 is 5.18. The molecule has 0 aliphatic rings. The van der Waals surface area contributed by atoms with Crippen LogP contribution in [0.25, 0.3) is 0 Å². The van der Waals surface area contributed by atoms with Gasteiger partial charge in [-0.25, -0.2) is 9.97 Å². The number of thioether (sulfide) groups is 1. The van der Waals surface area contributed by atoms with Crippen LogP contribution in [0.15, 0.2) is 45.9 Å². The van der Waals surface area contributed by atoms with Gasteiger partial charge >= 0.3 is 0 Å². The van der Waals surface area contributed by atoms with Gasteiger partial charge in [0.15, 0.2) is 0 Å². The molecule has 0 saturated carbocycles. The Morgan fingerprint density at radius 1 is 1.25 bits per heavy atom. The summed E-state index contributed by atoms with van der Waals surface area (Å²) in [7, 11) is 0. The lowest BCUT2D eigenvalue weighted by atomic mass is 10.4. The van der Waals surface area contributed by atoms with Crippen LogP contribution in [0.5, 0.6) is 0 Å². The minimum absolute atomic E-state index is 0.512. The summed E-state index contributed by atoms with van der Waals surface area (Å²) in [6.07, 6.45) is 1.68. The highest BCUT2D eigenvalue weighted by molar-refractivity contribution is 9.10. The minimum Gasteiger partial charge on any atom is -0.384 e. The molecule has 2 aromatic rings. The van der Waals surface area contributed by atoms with Crippen molar-refractivity contribution in [3.8, 4) is 0 Å². The van der Waals surface area contributed by atoms with E-state index < -0.39 is 0 Å². The Kier molecular flexibility index (Phi) is 3.79. The third-order valence-electron chi connectivity index (χ3n) is 1.92. The molecule has 5 heteroatoms. The Balaban J connectivity index is 2.05. The average molecular weight is 296 g/mol. The molecule has 1 aromatic heterocycles. The molecule has 82 valence electrons. The lowest BCUT2D eigenvalue weighted by molar-refractivity contribution is 1.04. The van der Waals surface area contributed by atoms with Crippen LogP contribution in [0.4, 0.5) is 5.82 Å². The van der Waals surface area contributed by atoms with Gasteiger partial charge in [0.05, 0.1) is 5.75 Å². The van der Waals surface area contributed by atoms with Gasteiger partial charge in [-0.1, -0.05) is 12.1 Å². The summed E-state index contributed by atoms with van der Waals surface area (Å²) in [4.78, 5) is 9.48. The zero-order valence-corrected chi connectivity index (χ0v) is 10.8. The van der Waals surface area contributed by atoms with E-state index in [1.165, 1.54) is 4.90 Å². The van der Waals surface area contributed by atoms with Crippen molar-refractivity contribution in [1.82, 2.24) is 9.97 Å². The first-order valence-electron chi connectivity index (χ1n) is 4.70. The summed E-state index contributed by atoms with van der Waals surface area (Å²) < 4.78 is 1.09. The second-order valence-corrected chi connectivity index (χ2v) is 4.99.